The van der Waals surface area contributed by atoms with Crippen molar-refractivity contribution in [2.75, 3.05) is 18.5 Å². The lowest BCUT2D eigenvalue weighted by atomic mass is 9.96. The van der Waals surface area contributed by atoms with E-state index >= 15 is 0 Å². The fraction of sp³-hybridized carbons (Fsp3) is 0.188. The number of thiazole rings is 1. The van der Waals surface area contributed by atoms with Gasteiger partial charge in [0.15, 0.2) is 11.4 Å². The van der Waals surface area contributed by atoms with E-state index in [2.05, 4.69) is 10.3 Å². The largest absolute Gasteiger partial charge is 0.484 e. The minimum atomic E-state index is -0.780. The molecule has 3 aromatic carbocycles. The van der Waals surface area contributed by atoms with Crippen molar-refractivity contribution in [3.05, 3.63) is 125 Å². The predicted octanol–water partition coefficient (Wildman–Crippen LogP) is 4.78. The Labute approximate surface area is 251 Å². The van der Waals surface area contributed by atoms with Crippen LogP contribution in [0, 0.1) is 6.92 Å². The van der Waals surface area contributed by atoms with Gasteiger partial charge in [-0.3, -0.25) is 14.2 Å². The maximum absolute atomic E-state index is 13.8. The molecule has 5 rings (SSSR count). The number of rotatable bonds is 8. The van der Waals surface area contributed by atoms with E-state index in [0.29, 0.717) is 31.4 Å². The van der Waals surface area contributed by atoms with E-state index in [9.17, 15) is 14.4 Å². The van der Waals surface area contributed by atoms with Crippen molar-refractivity contribution in [2.45, 2.75) is 26.8 Å². The number of nitrogens with zero attached hydrogens (tertiary/aromatic N) is 2. The van der Waals surface area contributed by atoms with Crippen molar-refractivity contribution in [2.24, 2.45) is 4.99 Å². The van der Waals surface area contributed by atoms with Crippen LogP contribution in [0.15, 0.2) is 93.9 Å². The molecule has 1 aliphatic rings. The van der Waals surface area contributed by atoms with Gasteiger partial charge < -0.3 is 14.8 Å². The number of carbonyl (C=O) groups is 2. The number of nitrogens with one attached hydrogen (secondary N) is 1. The van der Waals surface area contributed by atoms with Gasteiger partial charge in [-0.15, -0.1) is 0 Å². The van der Waals surface area contributed by atoms with Gasteiger partial charge in [0.05, 0.1) is 22.4 Å². The number of hydrogen-bond donors (Lipinski definition) is 1. The zero-order valence-corrected chi connectivity index (χ0v) is 24.8. The quantitative estimate of drug-likeness (QED) is 0.293. The SMILES string of the molecule is CCOC(=O)C1=C(C)N=c2s/c(=C/c3ccc(OCC(=O)Nc4ccccc4C)cc3)c(=O)n2[C@H]1c1ccccc1Cl. The maximum atomic E-state index is 13.8. The van der Waals surface area contributed by atoms with Crippen molar-refractivity contribution in [1.29, 1.82) is 0 Å². The van der Waals surface area contributed by atoms with Gasteiger partial charge in [0.1, 0.15) is 11.8 Å². The Bertz CT molecular complexity index is 1870. The highest BCUT2D eigenvalue weighted by atomic mass is 35.5. The summed E-state index contributed by atoms with van der Waals surface area (Å²) in [5, 5.41) is 3.27. The summed E-state index contributed by atoms with van der Waals surface area (Å²) in [4.78, 5) is 44.2. The van der Waals surface area contributed by atoms with Gasteiger partial charge in [-0.25, -0.2) is 9.79 Å². The molecule has 0 fully saturated rings. The number of amides is 1. The van der Waals surface area contributed by atoms with Crippen LogP contribution in [0.2, 0.25) is 5.02 Å². The van der Waals surface area contributed by atoms with E-state index in [-0.39, 0.29) is 30.3 Å². The molecule has 0 aliphatic carbocycles. The van der Waals surface area contributed by atoms with Gasteiger partial charge in [0.25, 0.3) is 11.5 Å². The Morgan fingerprint density at radius 1 is 1.05 bits per heavy atom. The van der Waals surface area contributed by atoms with Crippen LogP contribution in [-0.4, -0.2) is 29.7 Å². The van der Waals surface area contributed by atoms with E-state index in [1.54, 1.807) is 62.4 Å². The van der Waals surface area contributed by atoms with Crippen LogP contribution in [0.25, 0.3) is 6.08 Å². The van der Waals surface area contributed by atoms with Crippen LogP contribution in [0.1, 0.15) is 36.6 Å². The fourth-order valence-corrected chi connectivity index (χ4v) is 5.93. The van der Waals surface area contributed by atoms with Gasteiger partial charge in [-0.05, 0) is 67.8 Å². The van der Waals surface area contributed by atoms with E-state index < -0.39 is 12.0 Å². The van der Waals surface area contributed by atoms with E-state index in [0.717, 1.165) is 16.8 Å². The third-order valence-corrected chi connectivity index (χ3v) is 8.01. The van der Waals surface area contributed by atoms with Gasteiger partial charge in [0.2, 0.25) is 0 Å². The normalized spacial score (nSPS) is 14.7. The second kappa shape index (κ2) is 12.6. The van der Waals surface area contributed by atoms with Crippen LogP contribution < -0.4 is 24.9 Å². The van der Waals surface area contributed by atoms with Crippen LogP contribution >= 0.6 is 22.9 Å². The number of anilines is 1. The van der Waals surface area contributed by atoms with Crippen molar-refractivity contribution in [1.82, 2.24) is 4.57 Å². The number of aromatic nitrogens is 1. The molecule has 1 atom stereocenters. The zero-order valence-electron chi connectivity index (χ0n) is 23.2. The molecule has 42 heavy (non-hydrogen) atoms. The molecular formula is C32H28ClN3O5S. The first-order valence-corrected chi connectivity index (χ1v) is 14.5. The van der Waals surface area contributed by atoms with Crippen LogP contribution in [-0.2, 0) is 14.3 Å². The van der Waals surface area contributed by atoms with Crippen molar-refractivity contribution in [3.63, 3.8) is 0 Å². The monoisotopic (exact) mass is 601 g/mol. The summed E-state index contributed by atoms with van der Waals surface area (Å²) in [6.07, 6.45) is 1.76. The number of hydrogen-bond acceptors (Lipinski definition) is 7. The topological polar surface area (TPSA) is 99.0 Å². The lowest BCUT2D eigenvalue weighted by Gasteiger charge is -2.25. The van der Waals surface area contributed by atoms with Crippen LogP contribution in [0.5, 0.6) is 5.75 Å². The van der Waals surface area contributed by atoms with Crippen molar-refractivity contribution < 1.29 is 19.1 Å². The number of carbonyl (C=O) groups excluding carboxylic acids is 2. The van der Waals surface area contributed by atoms with Gasteiger partial charge in [-0.2, -0.15) is 0 Å². The smallest absolute Gasteiger partial charge is 0.338 e. The van der Waals surface area contributed by atoms with E-state index in [1.807, 2.05) is 37.3 Å². The summed E-state index contributed by atoms with van der Waals surface area (Å²) in [5.41, 5.74) is 3.52. The maximum Gasteiger partial charge on any atom is 0.338 e. The number of ether oxygens (including phenoxy) is 2. The minimum absolute atomic E-state index is 0.142. The molecular weight excluding hydrogens is 574 g/mol. The molecule has 1 aromatic heterocycles. The van der Waals surface area contributed by atoms with Gasteiger partial charge >= 0.3 is 5.97 Å². The third-order valence-electron chi connectivity index (χ3n) is 6.68. The molecule has 214 valence electrons. The van der Waals surface area contributed by atoms with E-state index in [1.165, 1.54) is 15.9 Å². The first-order chi connectivity index (χ1) is 20.3. The Morgan fingerprint density at radius 2 is 1.76 bits per heavy atom. The molecule has 2 heterocycles. The Kier molecular flexibility index (Phi) is 8.70. The summed E-state index contributed by atoms with van der Waals surface area (Å²) < 4.78 is 12.9. The molecule has 4 aromatic rings. The Balaban J connectivity index is 1.41. The van der Waals surface area contributed by atoms with Crippen LogP contribution in [0.4, 0.5) is 5.69 Å². The lowest BCUT2D eigenvalue weighted by molar-refractivity contribution is -0.139. The fourth-order valence-electron chi connectivity index (χ4n) is 4.64. The summed E-state index contributed by atoms with van der Waals surface area (Å²) in [6, 6.07) is 20.9. The molecule has 0 saturated carbocycles. The number of esters is 1. The Morgan fingerprint density at radius 3 is 2.48 bits per heavy atom. The highest BCUT2D eigenvalue weighted by Gasteiger charge is 2.34. The molecule has 0 unspecified atom stereocenters. The summed E-state index contributed by atoms with van der Waals surface area (Å²) in [6.45, 7) is 5.42. The highest BCUT2D eigenvalue weighted by Crippen LogP contribution is 2.34. The molecule has 1 amide bonds. The average Bonchev–Trinajstić information content (AvgIpc) is 3.27. The molecule has 0 spiro atoms. The molecule has 10 heteroatoms. The van der Waals surface area contributed by atoms with Crippen molar-refractivity contribution in [3.8, 4) is 5.75 Å². The Hall–Kier alpha value is -4.47. The van der Waals surface area contributed by atoms with Gasteiger partial charge in [-0.1, -0.05) is 71.5 Å². The summed E-state index contributed by atoms with van der Waals surface area (Å²) in [7, 11) is 0. The average molecular weight is 602 g/mol. The number of allylic oxidation sites excluding steroid dienone is 1. The number of halogens is 1. The predicted molar refractivity (Wildman–Crippen MR) is 164 cm³/mol. The van der Waals surface area contributed by atoms with Gasteiger partial charge in [0, 0.05) is 10.7 Å². The standard InChI is InChI=1S/C32H28ClN3O5S/c1-4-40-31(39)28-20(3)34-32-36(29(28)23-10-6-7-11-24(23)33)30(38)26(42-32)17-21-13-15-22(16-14-21)41-18-27(37)35-25-12-8-5-9-19(25)2/h5-17,29H,4,18H2,1-3H3,(H,35,37)/b26-17+/t29-/m0/s1. The first-order valence-electron chi connectivity index (χ1n) is 13.3. The number of fused-ring (bicyclic) bond motifs is 1. The first kappa shape index (κ1) is 29.0. The molecule has 0 radical (unpaired) electrons. The summed E-state index contributed by atoms with van der Waals surface area (Å²) in [5.74, 6) is -0.289. The molecule has 8 nitrogen and oxygen atoms in total. The molecule has 0 saturated heterocycles. The zero-order chi connectivity index (χ0) is 29.8. The molecule has 1 aliphatic heterocycles. The van der Waals surface area contributed by atoms with E-state index in [4.69, 9.17) is 21.1 Å². The lowest BCUT2D eigenvalue weighted by Crippen LogP contribution is -2.40. The minimum Gasteiger partial charge on any atom is -0.484 e. The van der Waals surface area contributed by atoms with Crippen molar-refractivity contribution >= 4 is 46.6 Å². The summed E-state index contributed by atoms with van der Waals surface area (Å²) >= 11 is 7.78. The number of benzene rings is 3. The number of aryl methyl sites for hydroxylation is 1. The third kappa shape index (κ3) is 6.07. The second-order valence-corrected chi connectivity index (χ2v) is 11.0. The molecule has 1 N–H and O–H groups in total. The second-order valence-electron chi connectivity index (χ2n) is 9.54. The number of para-hydroxylation sites is 1. The van der Waals surface area contributed by atoms with Crippen LogP contribution in [0.3, 0.4) is 0 Å². The molecule has 0 bridgehead atoms. The highest BCUT2D eigenvalue weighted by molar-refractivity contribution is 7.07.